The minimum absolute atomic E-state index is 0.360. The van der Waals surface area contributed by atoms with Crippen LogP contribution in [0.3, 0.4) is 0 Å². The Bertz CT molecular complexity index is 912. The first-order chi connectivity index (χ1) is 11.1. The number of carbonyl (C=O) groups excluding carboxylic acids is 2. The number of rotatable bonds is 2. The fourth-order valence-electron chi connectivity index (χ4n) is 2.55. The van der Waals surface area contributed by atoms with E-state index in [0.717, 1.165) is 15.4 Å². The summed E-state index contributed by atoms with van der Waals surface area (Å²) in [4.78, 5) is 26.0. The predicted octanol–water partition coefficient (Wildman–Crippen LogP) is 1.46. The first-order valence-electron chi connectivity index (χ1n) is 6.91. The van der Waals surface area contributed by atoms with Gasteiger partial charge in [0, 0.05) is 11.3 Å². The largest absolute Gasteiger partial charge is 0.399 e. The van der Waals surface area contributed by atoms with Crippen LogP contribution in [0.5, 0.6) is 0 Å². The lowest BCUT2D eigenvalue weighted by atomic mass is 10.1. The molecular formula is C16H11N5O2. The predicted molar refractivity (Wildman–Crippen MR) is 83.2 cm³/mol. The zero-order valence-electron chi connectivity index (χ0n) is 11.9. The van der Waals surface area contributed by atoms with Gasteiger partial charge in [0.2, 0.25) is 0 Å². The number of imide groups is 1. The van der Waals surface area contributed by atoms with E-state index < -0.39 is 11.8 Å². The van der Waals surface area contributed by atoms with Gasteiger partial charge >= 0.3 is 0 Å². The van der Waals surface area contributed by atoms with Crippen LogP contribution < -0.4 is 10.7 Å². The highest BCUT2D eigenvalue weighted by Crippen LogP contribution is 2.23. The fourth-order valence-corrected chi connectivity index (χ4v) is 2.55. The van der Waals surface area contributed by atoms with Crippen molar-refractivity contribution in [3.63, 3.8) is 0 Å². The van der Waals surface area contributed by atoms with E-state index >= 15 is 0 Å². The zero-order valence-corrected chi connectivity index (χ0v) is 11.9. The SMILES string of the molecule is Nc1cccc(-c2cn(N3C(=O)c4ccccc4C3=O)nn2)c1. The van der Waals surface area contributed by atoms with Crippen molar-refractivity contribution in [2.45, 2.75) is 0 Å². The first kappa shape index (κ1) is 13.2. The lowest BCUT2D eigenvalue weighted by Crippen LogP contribution is -2.40. The zero-order chi connectivity index (χ0) is 16.0. The van der Waals surface area contributed by atoms with Crippen LogP contribution in [-0.4, -0.2) is 26.9 Å². The molecule has 3 aromatic rings. The number of hydrogen-bond acceptors (Lipinski definition) is 5. The molecule has 0 saturated heterocycles. The van der Waals surface area contributed by atoms with Gasteiger partial charge in [0.25, 0.3) is 11.8 Å². The highest BCUT2D eigenvalue weighted by Gasteiger charge is 2.37. The molecule has 0 bridgehead atoms. The maximum Gasteiger partial charge on any atom is 0.282 e. The number of hydrogen-bond donors (Lipinski definition) is 1. The van der Waals surface area contributed by atoms with Gasteiger partial charge in [0.1, 0.15) is 5.69 Å². The second kappa shape index (κ2) is 4.77. The summed E-state index contributed by atoms with van der Waals surface area (Å²) < 4.78 is 0. The number of aromatic nitrogens is 3. The summed E-state index contributed by atoms with van der Waals surface area (Å²) in [6.45, 7) is 0. The molecule has 0 fully saturated rings. The van der Waals surface area contributed by atoms with Crippen LogP contribution in [0, 0.1) is 0 Å². The third-order valence-electron chi connectivity index (χ3n) is 3.64. The van der Waals surface area contributed by atoms with Gasteiger partial charge in [-0.2, -0.15) is 5.01 Å². The highest BCUT2D eigenvalue weighted by molar-refractivity contribution is 6.30. The number of nitrogens with two attached hydrogens (primary N) is 1. The molecule has 2 heterocycles. The molecule has 1 aromatic heterocycles. The fraction of sp³-hybridized carbons (Fsp3) is 0. The number of anilines is 1. The van der Waals surface area contributed by atoms with Crippen molar-refractivity contribution in [1.82, 2.24) is 15.1 Å². The molecule has 23 heavy (non-hydrogen) atoms. The van der Waals surface area contributed by atoms with Gasteiger partial charge in [0.15, 0.2) is 0 Å². The molecule has 0 spiro atoms. The summed E-state index contributed by atoms with van der Waals surface area (Å²) in [6, 6.07) is 13.8. The minimum atomic E-state index is -0.422. The Morgan fingerprint density at radius 2 is 1.61 bits per heavy atom. The van der Waals surface area contributed by atoms with E-state index in [2.05, 4.69) is 10.3 Å². The van der Waals surface area contributed by atoms with Crippen LogP contribution in [0.4, 0.5) is 5.69 Å². The summed E-state index contributed by atoms with van der Waals surface area (Å²) in [5, 5.41) is 8.88. The summed E-state index contributed by atoms with van der Waals surface area (Å²) >= 11 is 0. The van der Waals surface area contributed by atoms with E-state index in [1.54, 1.807) is 42.5 Å². The maximum atomic E-state index is 12.4. The summed E-state index contributed by atoms with van der Waals surface area (Å²) in [5.74, 6) is -0.843. The van der Waals surface area contributed by atoms with Crippen LogP contribution in [-0.2, 0) is 0 Å². The normalized spacial score (nSPS) is 13.5. The molecule has 2 aromatic carbocycles. The Labute approximate surface area is 130 Å². The smallest absolute Gasteiger partial charge is 0.282 e. The van der Waals surface area contributed by atoms with Crippen molar-refractivity contribution in [3.05, 3.63) is 65.9 Å². The summed E-state index contributed by atoms with van der Waals surface area (Å²) in [6.07, 6.45) is 1.52. The molecule has 7 nitrogen and oxygen atoms in total. The third-order valence-corrected chi connectivity index (χ3v) is 3.64. The lowest BCUT2D eigenvalue weighted by Gasteiger charge is -2.11. The Hall–Kier alpha value is -3.48. The molecule has 1 aliphatic rings. The molecule has 1 aliphatic heterocycles. The number of nitrogen functional groups attached to an aromatic ring is 1. The van der Waals surface area contributed by atoms with Crippen LogP contribution in [0.1, 0.15) is 20.7 Å². The van der Waals surface area contributed by atoms with E-state index in [-0.39, 0.29) is 0 Å². The second-order valence-electron chi connectivity index (χ2n) is 5.12. The molecule has 7 heteroatoms. The van der Waals surface area contributed by atoms with Gasteiger partial charge in [-0.05, 0) is 29.5 Å². The van der Waals surface area contributed by atoms with E-state index in [9.17, 15) is 9.59 Å². The van der Waals surface area contributed by atoms with Crippen LogP contribution in [0.2, 0.25) is 0 Å². The van der Waals surface area contributed by atoms with Gasteiger partial charge in [0.05, 0.1) is 17.3 Å². The van der Waals surface area contributed by atoms with Gasteiger partial charge in [-0.1, -0.05) is 24.3 Å². The van der Waals surface area contributed by atoms with Crippen molar-refractivity contribution >= 4 is 17.5 Å². The minimum Gasteiger partial charge on any atom is -0.399 e. The molecule has 112 valence electrons. The van der Waals surface area contributed by atoms with Crippen molar-refractivity contribution in [3.8, 4) is 11.3 Å². The van der Waals surface area contributed by atoms with E-state index in [1.807, 2.05) is 6.07 Å². The lowest BCUT2D eigenvalue weighted by molar-refractivity contribution is 0.0878. The van der Waals surface area contributed by atoms with Crippen LogP contribution >= 0.6 is 0 Å². The number of amides is 2. The average molecular weight is 305 g/mol. The molecule has 0 aliphatic carbocycles. The molecule has 2 N–H and O–H groups in total. The molecule has 0 atom stereocenters. The van der Waals surface area contributed by atoms with Crippen molar-refractivity contribution in [2.75, 3.05) is 10.7 Å². The molecule has 2 amide bonds. The number of fused-ring (bicyclic) bond motifs is 1. The highest BCUT2D eigenvalue weighted by atomic mass is 16.2. The topological polar surface area (TPSA) is 94.1 Å². The van der Waals surface area contributed by atoms with E-state index in [4.69, 9.17) is 5.73 Å². The Morgan fingerprint density at radius 3 is 2.26 bits per heavy atom. The molecule has 0 saturated carbocycles. The first-order valence-corrected chi connectivity index (χ1v) is 6.91. The van der Waals surface area contributed by atoms with Gasteiger partial charge in [-0.3, -0.25) is 9.59 Å². The Kier molecular flexibility index (Phi) is 2.74. The quantitative estimate of drug-likeness (QED) is 0.571. The van der Waals surface area contributed by atoms with Crippen LogP contribution in [0.25, 0.3) is 11.3 Å². The van der Waals surface area contributed by atoms with E-state index in [1.165, 1.54) is 6.20 Å². The molecule has 0 unspecified atom stereocenters. The third kappa shape index (κ3) is 1.98. The van der Waals surface area contributed by atoms with Gasteiger partial charge < -0.3 is 5.73 Å². The number of nitrogens with zero attached hydrogens (tertiary/aromatic N) is 4. The van der Waals surface area contributed by atoms with Crippen molar-refractivity contribution in [2.24, 2.45) is 0 Å². The van der Waals surface area contributed by atoms with Gasteiger partial charge in [-0.25, -0.2) is 0 Å². The number of benzene rings is 2. The standard InChI is InChI=1S/C16H11N5O2/c17-11-5-3-4-10(8-11)14-9-20(19-18-14)21-15(22)12-6-1-2-7-13(12)16(21)23/h1-9H,17H2. The summed E-state index contributed by atoms with van der Waals surface area (Å²) in [5.41, 5.74) is 8.35. The van der Waals surface area contributed by atoms with Crippen molar-refractivity contribution < 1.29 is 9.59 Å². The molecular weight excluding hydrogens is 294 g/mol. The maximum absolute atomic E-state index is 12.4. The monoisotopic (exact) mass is 305 g/mol. The number of carbonyl (C=O) groups is 2. The second-order valence-corrected chi connectivity index (χ2v) is 5.12. The van der Waals surface area contributed by atoms with E-state index in [0.29, 0.717) is 22.5 Å². The Morgan fingerprint density at radius 1 is 0.913 bits per heavy atom. The van der Waals surface area contributed by atoms with Gasteiger partial charge in [-0.15, -0.1) is 9.89 Å². The molecule has 4 rings (SSSR count). The summed E-state index contributed by atoms with van der Waals surface area (Å²) in [7, 11) is 0. The van der Waals surface area contributed by atoms with Crippen LogP contribution in [0.15, 0.2) is 54.7 Å². The Balaban J connectivity index is 1.74. The average Bonchev–Trinajstić information content (AvgIpc) is 3.12. The van der Waals surface area contributed by atoms with Crippen molar-refractivity contribution in [1.29, 1.82) is 0 Å². The molecule has 0 radical (unpaired) electrons.